The van der Waals surface area contributed by atoms with Crippen LogP contribution >= 0.6 is 0 Å². The van der Waals surface area contributed by atoms with Crippen molar-refractivity contribution in [3.05, 3.63) is 30.3 Å². The van der Waals surface area contributed by atoms with Crippen molar-refractivity contribution in [2.75, 3.05) is 39.4 Å². The Labute approximate surface area is 183 Å². The van der Waals surface area contributed by atoms with Crippen molar-refractivity contribution in [3.63, 3.8) is 0 Å². The van der Waals surface area contributed by atoms with Gasteiger partial charge in [-0.3, -0.25) is 9.59 Å². The van der Waals surface area contributed by atoms with Gasteiger partial charge in [-0.2, -0.15) is 0 Å². The van der Waals surface area contributed by atoms with Crippen molar-refractivity contribution in [2.24, 2.45) is 5.92 Å². The van der Waals surface area contributed by atoms with E-state index in [-0.39, 0.29) is 23.8 Å². The Morgan fingerprint density at radius 1 is 1.03 bits per heavy atom. The molecule has 1 aromatic rings. The highest BCUT2D eigenvalue weighted by Gasteiger charge is 2.33. The minimum atomic E-state index is -0.436. The zero-order chi connectivity index (χ0) is 22.1. The van der Waals surface area contributed by atoms with Crippen LogP contribution in [0.15, 0.2) is 30.3 Å². The number of amides is 3. The number of para-hydroxylation sites is 1. The fourth-order valence-electron chi connectivity index (χ4n) is 4.23. The molecular weight excluding hydrogens is 398 g/mol. The first-order valence-corrected chi connectivity index (χ1v) is 11.2. The maximum absolute atomic E-state index is 13.1. The van der Waals surface area contributed by atoms with Gasteiger partial charge in [0.25, 0.3) is 0 Å². The topological polar surface area (TPSA) is 88.2 Å². The first-order chi connectivity index (χ1) is 15.1. The third-order valence-corrected chi connectivity index (χ3v) is 5.78. The van der Waals surface area contributed by atoms with Gasteiger partial charge < -0.3 is 24.6 Å². The van der Waals surface area contributed by atoms with E-state index in [1.807, 2.05) is 35.2 Å². The Bertz CT molecular complexity index is 742. The number of alkyl carbamates (subject to hydrolysis) is 1. The second-order valence-electron chi connectivity index (χ2n) is 8.08. The monoisotopic (exact) mass is 431 g/mol. The summed E-state index contributed by atoms with van der Waals surface area (Å²) in [5.74, 6) is 0.662. The minimum Gasteiger partial charge on any atom is -0.493 e. The molecule has 0 aromatic heterocycles. The molecule has 31 heavy (non-hydrogen) atoms. The van der Waals surface area contributed by atoms with Crippen molar-refractivity contribution in [2.45, 2.75) is 45.1 Å². The fraction of sp³-hybridized carbons (Fsp3) is 0.609. The molecule has 2 unspecified atom stereocenters. The van der Waals surface area contributed by atoms with Crippen molar-refractivity contribution in [3.8, 4) is 5.75 Å². The molecule has 2 aliphatic rings. The molecule has 8 heteroatoms. The molecule has 0 saturated carbocycles. The highest BCUT2D eigenvalue weighted by Crippen LogP contribution is 2.22. The van der Waals surface area contributed by atoms with E-state index in [4.69, 9.17) is 9.47 Å². The van der Waals surface area contributed by atoms with Crippen molar-refractivity contribution >= 4 is 17.9 Å². The standard InChI is InChI=1S/C23H33N3O5/c1-2-30-23(29)24-19-9-7-14-26(17-19)22(28)18-8-6-13-25(16-18)21(27)12-15-31-20-10-4-3-5-11-20/h3-5,10-11,18-19H,2,6-9,12-17H2,1H3,(H,24,29). The lowest BCUT2D eigenvalue weighted by molar-refractivity contribution is -0.142. The second-order valence-corrected chi connectivity index (χ2v) is 8.08. The van der Waals surface area contributed by atoms with Gasteiger partial charge in [-0.25, -0.2) is 4.79 Å². The Kier molecular flexibility index (Phi) is 8.55. The summed E-state index contributed by atoms with van der Waals surface area (Å²) in [6, 6.07) is 9.34. The SMILES string of the molecule is CCOC(=O)NC1CCCN(C(=O)C2CCCN(C(=O)CCOc3ccccc3)C2)C1. The third kappa shape index (κ3) is 6.87. The van der Waals surface area contributed by atoms with Crippen LogP contribution in [0.1, 0.15) is 39.0 Å². The smallest absolute Gasteiger partial charge is 0.407 e. The van der Waals surface area contributed by atoms with Crippen LogP contribution in [0.5, 0.6) is 5.75 Å². The predicted octanol–water partition coefficient (Wildman–Crippen LogP) is 2.43. The van der Waals surface area contributed by atoms with Crippen molar-refractivity contribution in [1.29, 1.82) is 0 Å². The van der Waals surface area contributed by atoms with Crippen LogP contribution in [0.3, 0.4) is 0 Å². The maximum Gasteiger partial charge on any atom is 0.407 e. The lowest BCUT2D eigenvalue weighted by Gasteiger charge is -2.38. The quantitative estimate of drug-likeness (QED) is 0.716. The van der Waals surface area contributed by atoms with Crippen LogP contribution in [0.25, 0.3) is 0 Å². The van der Waals surface area contributed by atoms with Gasteiger partial charge in [-0.15, -0.1) is 0 Å². The Balaban J connectivity index is 1.45. The minimum absolute atomic E-state index is 0.0222. The molecule has 170 valence electrons. The van der Waals surface area contributed by atoms with E-state index in [1.165, 1.54) is 0 Å². The first-order valence-electron chi connectivity index (χ1n) is 11.2. The summed E-state index contributed by atoms with van der Waals surface area (Å²) in [4.78, 5) is 41.0. The molecule has 2 heterocycles. The molecule has 3 rings (SSSR count). The molecule has 0 bridgehead atoms. The van der Waals surface area contributed by atoms with Gasteiger partial charge >= 0.3 is 6.09 Å². The lowest BCUT2D eigenvalue weighted by atomic mass is 9.94. The van der Waals surface area contributed by atoms with Crippen LogP contribution in [0.4, 0.5) is 4.79 Å². The van der Waals surface area contributed by atoms with Crippen LogP contribution < -0.4 is 10.1 Å². The Morgan fingerprint density at radius 3 is 2.55 bits per heavy atom. The number of benzene rings is 1. The summed E-state index contributed by atoms with van der Waals surface area (Å²) >= 11 is 0. The van der Waals surface area contributed by atoms with Gasteiger partial charge in [0.05, 0.1) is 25.6 Å². The summed E-state index contributed by atoms with van der Waals surface area (Å²) < 4.78 is 10.6. The van der Waals surface area contributed by atoms with Crippen molar-refractivity contribution in [1.82, 2.24) is 15.1 Å². The molecule has 1 N–H and O–H groups in total. The molecular formula is C23H33N3O5. The van der Waals surface area contributed by atoms with E-state index in [2.05, 4.69) is 5.32 Å². The number of rotatable bonds is 7. The second kappa shape index (κ2) is 11.6. The van der Waals surface area contributed by atoms with Crippen LogP contribution in [-0.2, 0) is 14.3 Å². The highest BCUT2D eigenvalue weighted by atomic mass is 16.5. The molecule has 0 spiro atoms. The third-order valence-electron chi connectivity index (χ3n) is 5.78. The number of nitrogens with one attached hydrogen (secondary N) is 1. The molecule has 2 atom stereocenters. The number of nitrogens with zero attached hydrogens (tertiary/aromatic N) is 2. The molecule has 1 aromatic carbocycles. The summed E-state index contributed by atoms with van der Waals surface area (Å²) in [7, 11) is 0. The molecule has 8 nitrogen and oxygen atoms in total. The predicted molar refractivity (Wildman–Crippen MR) is 116 cm³/mol. The number of carbonyl (C=O) groups is 3. The molecule has 0 aliphatic carbocycles. The van der Waals surface area contributed by atoms with E-state index in [9.17, 15) is 14.4 Å². The van der Waals surface area contributed by atoms with Gasteiger partial charge in [0.15, 0.2) is 0 Å². The summed E-state index contributed by atoms with van der Waals surface area (Å²) in [5.41, 5.74) is 0. The normalized spacial score (nSPS) is 21.3. The largest absolute Gasteiger partial charge is 0.493 e. The fourth-order valence-corrected chi connectivity index (χ4v) is 4.23. The number of carbonyl (C=O) groups excluding carboxylic acids is 3. The zero-order valence-electron chi connectivity index (χ0n) is 18.3. The van der Waals surface area contributed by atoms with E-state index in [0.717, 1.165) is 31.4 Å². The molecule has 2 aliphatic heterocycles. The number of hydrogen-bond donors (Lipinski definition) is 1. The van der Waals surface area contributed by atoms with E-state index in [0.29, 0.717) is 45.8 Å². The highest BCUT2D eigenvalue weighted by molar-refractivity contribution is 5.81. The van der Waals surface area contributed by atoms with E-state index in [1.54, 1.807) is 11.8 Å². The van der Waals surface area contributed by atoms with Crippen LogP contribution in [0.2, 0.25) is 0 Å². The van der Waals surface area contributed by atoms with Crippen molar-refractivity contribution < 1.29 is 23.9 Å². The first kappa shape index (κ1) is 22.9. The van der Waals surface area contributed by atoms with Gasteiger partial charge in [-0.1, -0.05) is 18.2 Å². The summed E-state index contributed by atoms with van der Waals surface area (Å²) in [5, 5.41) is 2.84. The lowest BCUT2D eigenvalue weighted by Crippen LogP contribution is -2.53. The number of ether oxygens (including phenoxy) is 2. The van der Waals surface area contributed by atoms with Gasteiger partial charge in [-0.05, 0) is 44.7 Å². The van der Waals surface area contributed by atoms with E-state index < -0.39 is 6.09 Å². The number of hydrogen-bond acceptors (Lipinski definition) is 5. The Hall–Kier alpha value is -2.77. The molecule has 2 saturated heterocycles. The molecule has 3 amide bonds. The number of piperidine rings is 2. The zero-order valence-corrected chi connectivity index (χ0v) is 18.3. The van der Waals surface area contributed by atoms with Crippen LogP contribution in [-0.4, -0.2) is 73.1 Å². The number of likely N-dealkylation sites (tertiary alicyclic amines) is 2. The van der Waals surface area contributed by atoms with Crippen LogP contribution in [0, 0.1) is 5.92 Å². The molecule has 2 fully saturated rings. The van der Waals surface area contributed by atoms with E-state index >= 15 is 0 Å². The summed E-state index contributed by atoms with van der Waals surface area (Å²) in [6.45, 7) is 4.73. The molecule has 0 radical (unpaired) electrons. The Morgan fingerprint density at radius 2 is 1.77 bits per heavy atom. The maximum atomic E-state index is 13.1. The van der Waals surface area contributed by atoms with Gasteiger partial charge in [0.1, 0.15) is 5.75 Å². The van der Waals surface area contributed by atoms with Gasteiger partial charge in [0.2, 0.25) is 11.8 Å². The summed E-state index contributed by atoms with van der Waals surface area (Å²) in [6.07, 6.45) is 3.14. The average Bonchev–Trinajstić information content (AvgIpc) is 2.79. The van der Waals surface area contributed by atoms with Gasteiger partial charge in [0, 0.05) is 32.2 Å². The average molecular weight is 432 g/mol.